The Morgan fingerprint density at radius 2 is 2.00 bits per heavy atom. The summed E-state index contributed by atoms with van der Waals surface area (Å²) in [5.74, 6) is 0. The quantitative estimate of drug-likeness (QED) is 0.823. The lowest BCUT2D eigenvalue weighted by molar-refractivity contribution is -0.0258. The van der Waals surface area contributed by atoms with E-state index in [-0.39, 0.29) is 18.2 Å². The summed E-state index contributed by atoms with van der Waals surface area (Å²) in [6.45, 7) is 5.84. The number of morpholine rings is 1. The monoisotopic (exact) mass is 305 g/mol. The molecule has 2 rings (SSSR count). The van der Waals surface area contributed by atoms with Gasteiger partial charge in [0.1, 0.15) is 0 Å². The van der Waals surface area contributed by atoms with E-state index in [2.05, 4.69) is 0 Å². The zero-order chi connectivity index (χ0) is 14.8. The second-order valence-electron chi connectivity index (χ2n) is 5.78. The largest absolute Gasteiger partial charge is 0.375 e. The predicted molar refractivity (Wildman–Crippen MR) is 78.5 cm³/mol. The number of hydrogen-bond donors (Lipinski definition) is 1. The Morgan fingerprint density at radius 1 is 1.25 bits per heavy atom. The molecule has 2 aliphatic rings. The molecule has 7 heteroatoms. The predicted octanol–water partition coefficient (Wildman–Crippen LogP) is 0.544. The number of hydrogen-bond acceptors (Lipinski definition) is 4. The fraction of sp³-hybridized carbons (Fsp3) is 1.00. The van der Waals surface area contributed by atoms with Crippen molar-refractivity contribution < 1.29 is 13.2 Å². The highest BCUT2D eigenvalue weighted by Gasteiger charge is 2.41. The maximum absolute atomic E-state index is 13.0. The number of ether oxygens (including phenoxy) is 1. The molecule has 118 valence electrons. The van der Waals surface area contributed by atoms with Gasteiger partial charge in [0.2, 0.25) is 0 Å². The molecule has 0 radical (unpaired) electrons. The molecule has 0 aromatic rings. The third kappa shape index (κ3) is 3.17. The maximum Gasteiger partial charge on any atom is 0.282 e. The van der Waals surface area contributed by atoms with Crippen molar-refractivity contribution in [3.63, 3.8) is 0 Å². The molecule has 0 saturated carbocycles. The van der Waals surface area contributed by atoms with Crippen molar-refractivity contribution in [2.75, 3.05) is 26.2 Å². The van der Waals surface area contributed by atoms with Crippen LogP contribution in [-0.4, -0.2) is 61.5 Å². The fourth-order valence-corrected chi connectivity index (χ4v) is 5.25. The normalized spacial score (nSPS) is 34.2. The van der Waals surface area contributed by atoms with Gasteiger partial charge in [0.25, 0.3) is 10.2 Å². The summed E-state index contributed by atoms with van der Waals surface area (Å²) in [6, 6.07) is -0.110. The van der Waals surface area contributed by atoms with Crippen molar-refractivity contribution in [2.24, 2.45) is 5.73 Å². The summed E-state index contributed by atoms with van der Waals surface area (Å²) in [4.78, 5) is 0. The van der Waals surface area contributed by atoms with Crippen LogP contribution in [0.3, 0.4) is 0 Å². The second kappa shape index (κ2) is 6.70. The highest BCUT2D eigenvalue weighted by Crippen LogP contribution is 2.26. The van der Waals surface area contributed by atoms with Crippen LogP contribution in [0.4, 0.5) is 0 Å². The number of nitrogens with zero attached hydrogens (tertiary/aromatic N) is 2. The molecule has 0 aromatic heterocycles. The molecule has 0 spiro atoms. The second-order valence-corrected chi connectivity index (χ2v) is 7.61. The van der Waals surface area contributed by atoms with Gasteiger partial charge in [-0.2, -0.15) is 17.0 Å². The van der Waals surface area contributed by atoms with E-state index in [9.17, 15) is 8.42 Å². The Bertz CT molecular complexity index is 415. The topological polar surface area (TPSA) is 75.9 Å². The molecule has 3 unspecified atom stereocenters. The molecule has 2 N–H and O–H groups in total. The van der Waals surface area contributed by atoms with Crippen LogP contribution in [0.15, 0.2) is 0 Å². The summed E-state index contributed by atoms with van der Waals surface area (Å²) in [7, 11) is -3.43. The molecule has 2 aliphatic heterocycles. The van der Waals surface area contributed by atoms with Crippen molar-refractivity contribution in [3.05, 3.63) is 0 Å². The van der Waals surface area contributed by atoms with E-state index in [1.807, 2.05) is 13.8 Å². The minimum absolute atomic E-state index is 0.0475. The lowest BCUT2D eigenvalue weighted by Gasteiger charge is -2.43. The molecule has 6 nitrogen and oxygen atoms in total. The van der Waals surface area contributed by atoms with E-state index >= 15 is 0 Å². The zero-order valence-electron chi connectivity index (χ0n) is 12.5. The Labute approximate surface area is 122 Å². The van der Waals surface area contributed by atoms with Gasteiger partial charge in [-0.25, -0.2) is 0 Å². The summed E-state index contributed by atoms with van der Waals surface area (Å²) < 4.78 is 34.8. The van der Waals surface area contributed by atoms with Crippen molar-refractivity contribution in [1.82, 2.24) is 8.61 Å². The first-order chi connectivity index (χ1) is 9.50. The highest BCUT2D eigenvalue weighted by molar-refractivity contribution is 7.86. The Balaban J connectivity index is 2.22. The average Bonchev–Trinajstić information content (AvgIpc) is 2.47. The van der Waals surface area contributed by atoms with Crippen LogP contribution < -0.4 is 5.73 Å². The Hall–Kier alpha value is -0.210. The van der Waals surface area contributed by atoms with E-state index in [4.69, 9.17) is 10.5 Å². The molecule has 0 aliphatic carbocycles. The Kier molecular flexibility index (Phi) is 5.42. The first-order valence-corrected chi connectivity index (χ1v) is 9.00. The molecule has 2 fully saturated rings. The fourth-order valence-electron chi connectivity index (χ4n) is 3.07. The lowest BCUT2D eigenvalue weighted by atomic mass is 10.1. The van der Waals surface area contributed by atoms with E-state index in [1.165, 1.54) is 0 Å². The number of nitrogens with two attached hydrogens (primary N) is 1. The third-order valence-corrected chi connectivity index (χ3v) is 6.44. The number of rotatable bonds is 4. The molecule has 0 bridgehead atoms. The zero-order valence-corrected chi connectivity index (χ0v) is 13.3. The third-order valence-electron chi connectivity index (χ3n) is 4.33. The van der Waals surface area contributed by atoms with Gasteiger partial charge in [-0.05, 0) is 26.2 Å². The molecule has 20 heavy (non-hydrogen) atoms. The van der Waals surface area contributed by atoms with Gasteiger partial charge in [-0.3, -0.25) is 0 Å². The van der Waals surface area contributed by atoms with Gasteiger partial charge in [-0.15, -0.1) is 0 Å². The van der Waals surface area contributed by atoms with Crippen LogP contribution >= 0.6 is 0 Å². The van der Waals surface area contributed by atoms with E-state index < -0.39 is 10.2 Å². The highest BCUT2D eigenvalue weighted by atomic mass is 32.2. The molecule has 0 amide bonds. The van der Waals surface area contributed by atoms with Crippen LogP contribution in [0, 0.1) is 0 Å². The molecule has 2 heterocycles. The van der Waals surface area contributed by atoms with E-state index in [0.717, 1.165) is 25.7 Å². The molecule has 2 saturated heterocycles. The van der Waals surface area contributed by atoms with Crippen molar-refractivity contribution in [1.29, 1.82) is 0 Å². The Morgan fingerprint density at radius 3 is 2.65 bits per heavy atom. The van der Waals surface area contributed by atoms with E-state index in [1.54, 1.807) is 8.61 Å². The standard InChI is InChI=1S/C13H27N3O3S/c1-3-12-10-19-11(2)9-16(12)20(17,18)15-7-5-4-6-13(15)8-14/h11-13H,3-10,14H2,1-2H3. The van der Waals surface area contributed by atoms with Crippen molar-refractivity contribution in [3.8, 4) is 0 Å². The van der Waals surface area contributed by atoms with Gasteiger partial charge in [0.15, 0.2) is 0 Å². The maximum atomic E-state index is 13.0. The first kappa shape index (κ1) is 16.2. The molecule has 3 atom stereocenters. The lowest BCUT2D eigenvalue weighted by Crippen LogP contribution is -2.59. The number of piperidine rings is 1. The summed E-state index contributed by atoms with van der Waals surface area (Å²) in [5.41, 5.74) is 5.77. The van der Waals surface area contributed by atoms with Crippen molar-refractivity contribution >= 4 is 10.2 Å². The van der Waals surface area contributed by atoms with Gasteiger partial charge < -0.3 is 10.5 Å². The van der Waals surface area contributed by atoms with Gasteiger partial charge in [0, 0.05) is 31.7 Å². The summed E-state index contributed by atoms with van der Waals surface area (Å²) in [6.07, 6.45) is 3.57. The minimum Gasteiger partial charge on any atom is -0.375 e. The summed E-state index contributed by atoms with van der Waals surface area (Å²) >= 11 is 0. The first-order valence-electron chi connectivity index (χ1n) is 7.61. The molecular weight excluding hydrogens is 278 g/mol. The molecular formula is C13H27N3O3S. The smallest absolute Gasteiger partial charge is 0.282 e. The summed E-state index contributed by atoms with van der Waals surface area (Å²) in [5, 5.41) is 0. The van der Waals surface area contributed by atoms with Gasteiger partial charge >= 0.3 is 0 Å². The van der Waals surface area contributed by atoms with Crippen LogP contribution in [0.5, 0.6) is 0 Å². The minimum atomic E-state index is -3.43. The molecule has 0 aromatic carbocycles. The SMILES string of the molecule is CCC1COC(C)CN1S(=O)(=O)N1CCCCC1CN. The average molecular weight is 305 g/mol. The van der Waals surface area contributed by atoms with Crippen LogP contribution in [0.1, 0.15) is 39.5 Å². The van der Waals surface area contributed by atoms with Crippen LogP contribution in [0.2, 0.25) is 0 Å². The van der Waals surface area contributed by atoms with Gasteiger partial charge in [-0.1, -0.05) is 13.3 Å². The van der Waals surface area contributed by atoms with E-state index in [0.29, 0.717) is 26.2 Å². The van der Waals surface area contributed by atoms with Crippen molar-refractivity contribution in [2.45, 2.75) is 57.7 Å². The van der Waals surface area contributed by atoms with Crippen LogP contribution in [-0.2, 0) is 14.9 Å². The van der Waals surface area contributed by atoms with Crippen LogP contribution in [0.25, 0.3) is 0 Å². The van der Waals surface area contributed by atoms with Gasteiger partial charge in [0.05, 0.1) is 12.7 Å².